The molecule has 0 radical (unpaired) electrons. The zero-order valence-corrected chi connectivity index (χ0v) is 9.66. The summed E-state index contributed by atoms with van der Waals surface area (Å²) in [6.07, 6.45) is 2.95. The van der Waals surface area contributed by atoms with Crippen molar-refractivity contribution in [3.8, 4) is 0 Å². The van der Waals surface area contributed by atoms with Gasteiger partial charge in [0.1, 0.15) is 12.1 Å². The molecule has 0 aliphatic carbocycles. The number of carboxylic acid groups (broad SMARTS) is 1. The summed E-state index contributed by atoms with van der Waals surface area (Å²) in [5.74, 6) is -0.212. The number of nitrogen functional groups attached to an aromatic ring is 1. The zero-order valence-electron chi connectivity index (χ0n) is 9.66. The molecule has 94 valence electrons. The molecule has 8 heteroatoms. The zero-order chi connectivity index (χ0) is 13.1. The maximum absolute atomic E-state index is 10.9. The van der Waals surface area contributed by atoms with Gasteiger partial charge in [-0.1, -0.05) is 0 Å². The van der Waals surface area contributed by atoms with Crippen LogP contribution in [0.3, 0.4) is 0 Å². The van der Waals surface area contributed by atoms with E-state index in [9.17, 15) is 4.79 Å². The van der Waals surface area contributed by atoms with E-state index in [0.29, 0.717) is 18.2 Å². The third-order valence-electron chi connectivity index (χ3n) is 2.28. The third-order valence-corrected chi connectivity index (χ3v) is 2.28. The van der Waals surface area contributed by atoms with Crippen LogP contribution in [0.4, 0.5) is 11.5 Å². The van der Waals surface area contributed by atoms with Crippen LogP contribution in [0.2, 0.25) is 0 Å². The van der Waals surface area contributed by atoms with Gasteiger partial charge in [0.25, 0.3) is 0 Å². The van der Waals surface area contributed by atoms with Crippen molar-refractivity contribution in [2.24, 2.45) is 7.05 Å². The van der Waals surface area contributed by atoms with Gasteiger partial charge >= 0.3 is 5.97 Å². The smallest absolute Gasteiger partial charge is 0.337 e. The summed E-state index contributed by atoms with van der Waals surface area (Å²) in [7, 11) is 1.76. The molecular weight excluding hydrogens is 236 g/mol. The van der Waals surface area contributed by atoms with Crippen molar-refractivity contribution < 1.29 is 9.90 Å². The van der Waals surface area contributed by atoms with Crippen molar-refractivity contribution in [1.29, 1.82) is 0 Å². The van der Waals surface area contributed by atoms with E-state index < -0.39 is 5.97 Å². The second-order valence-electron chi connectivity index (χ2n) is 3.61. The summed E-state index contributed by atoms with van der Waals surface area (Å²) in [5, 5.41) is 15.9. The Bertz CT molecular complexity index is 579. The van der Waals surface area contributed by atoms with Gasteiger partial charge in [0.15, 0.2) is 5.82 Å². The number of anilines is 2. The highest BCUT2D eigenvalue weighted by Gasteiger charge is 2.12. The maximum atomic E-state index is 10.9. The molecule has 0 amide bonds. The predicted molar refractivity (Wildman–Crippen MR) is 63.9 cm³/mol. The first kappa shape index (κ1) is 11.8. The number of rotatable bonds is 4. The first-order valence-electron chi connectivity index (χ1n) is 5.14. The first-order chi connectivity index (χ1) is 8.58. The van der Waals surface area contributed by atoms with Crippen molar-refractivity contribution in [3.63, 3.8) is 0 Å². The van der Waals surface area contributed by atoms with Crippen molar-refractivity contribution in [2.45, 2.75) is 6.54 Å². The quantitative estimate of drug-likeness (QED) is 0.702. The van der Waals surface area contributed by atoms with Crippen molar-refractivity contribution in [2.75, 3.05) is 11.1 Å². The maximum Gasteiger partial charge on any atom is 0.337 e. The van der Waals surface area contributed by atoms with Gasteiger partial charge in [0.2, 0.25) is 0 Å². The van der Waals surface area contributed by atoms with Gasteiger partial charge in [0, 0.05) is 13.2 Å². The number of nitrogens with one attached hydrogen (secondary N) is 1. The van der Waals surface area contributed by atoms with E-state index in [1.807, 2.05) is 0 Å². The Morgan fingerprint density at radius 1 is 1.56 bits per heavy atom. The van der Waals surface area contributed by atoms with Crippen LogP contribution in [0.5, 0.6) is 0 Å². The van der Waals surface area contributed by atoms with Crippen LogP contribution < -0.4 is 11.1 Å². The highest BCUT2D eigenvalue weighted by atomic mass is 16.4. The van der Waals surface area contributed by atoms with Crippen LogP contribution >= 0.6 is 0 Å². The second kappa shape index (κ2) is 4.70. The molecule has 0 saturated heterocycles. The molecule has 0 spiro atoms. The second-order valence-corrected chi connectivity index (χ2v) is 3.61. The number of nitrogens with zero attached hydrogens (tertiary/aromatic N) is 4. The van der Waals surface area contributed by atoms with E-state index in [-0.39, 0.29) is 11.3 Å². The first-order valence-corrected chi connectivity index (χ1v) is 5.14. The average molecular weight is 248 g/mol. The van der Waals surface area contributed by atoms with E-state index in [1.54, 1.807) is 18.1 Å². The fraction of sp³-hybridized carbons (Fsp3) is 0.200. The van der Waals surface area contributed by atoms with Crippen LogP contribution in [-0.2, 0) is 13.6 Å². The number of pyridine rings is 1. The number of aromatic carboxylic acids is 1. The lowest BCUT2D eigenvalue weighted by atomic mass is 10.2. The van der Waals surface area contributed by atoms with E-state index in [1.165, 1.54) is 12.3 Å². The van der Waals surface area contributed by atoms with Gasteiger partial charge in [-0.15, -0.1) is 0 Å². The molecule has 0 bridgehead atoms. The van der Waals surface area contributed by atoms with Gasteiger partial charge in [-0.2, -0.15) is 5.10 Å². The summed E-state index contributed by atoms with van der Waals surface area (Å²) < 4.78 is 1.57. The highest BCUT2D eigenvalue weighted by Crippen LogP contribution is 2.20. The average Bonchev–Trinajstić information content (AvgIpc) is 2.73. The number of aryl methyl sites for hydroxylation is 1. The third kappa shape index (κ3) is 2.37. The number of hydrogen-bond donors (Lipinski definition) is 3. The van der Waals surface area contributed by atoms with Gasteiger partial charge in [-0.25, -0.2) is 14.8 Å². The molecule has 0 saturated carbocycles. The van der Waals surface area contributed by atoms with E-state index in [4.69, 9.17) is 10.8 Å². The van der Waals surface area contributed by atoms with Crippen LogP contribution in [0.25, 0.3) is 0 Å². The summed E-state index contributed by atoms with van der Waals surface area (Å²) in [6.45, 7) is 0.321. The van der Waals surface area contributed by atoms with Crippen LogP contribution in [0.15, 0.2) is 18.6 Å². The lowest BCUT2D eigenvalue weighted by Crippen LogP contribution is -2.10. The lowest BCUT2D eigenvalue weighted by Gasteiger charge is -2.08. The molecule has 0 aliphatic heterocycles. The molecule has 8 nitrogen and oxygen atoms in total. The number of aromatic nitrogens is 4. The van der Waals surface area contributed by atoms with Gasteiger partial charge in [0.05, 0.1) is 17.8 Å². The standard InChI is InChI=1S/C10H12N6O2/c1-16-5-14-7(15-16)4-13-9-8(11)6(10(17)18)2-3-12-9/h2-3,5H,4,11H2,1H3,(H,12,13)(H,17,18). The number of carbonyl (C=O) groups is 1. The number of carboxylic acids is 1. The predicted octanol–water partition coefficient (Wildman–Crippen LogP) is 0.103. The highest BCUT2D eigenvalue weighted by molar-refractivity contribution is 5.96. The fourth-order valence-corrected chi connectivity index (χ4v) is 1.43. The van der Waals surface area contributed by atoms with Crippen molar-refractivity contribution in [3.05, 3.63) is 30.0 Å². The molecule has 0 unspecified atom stereocenters. The summed E-state index contributed by atoms with van der Waals surface area (Å²) in [4.78, 5) is 18.9. The van der Waals surface area contributed by atoms with Gasteiger partial charge < -0.3 is 16.2 Å². The normalized spacial score (nSPS) is 10.3. The van der Waals surface area contributed by atoms with Crippen LogP contribution in [0, 0.1) is 0 Å². The molecule has 18 heavy (non-hydrogen) atoms. The van der Waals surface area contributed by atoms with E-state index in [0.717, 1.165) is 0 Å². The molecule has 0 aliphatic rings. The minimum Gasteiger partial charge on any atom is -0.478 e. The topological polar surface area (TPSA) is 119 Å². The Morgan fingerprint density at radius 2 is 2.33 bits per heavy atom. The Hall–Kier alpha value is -2.64. The molecule has 2 heterocycles. The minimum absolute atomic E-state index is 0.0153. The van der Waals surface area contributed by atoms with Crippen LogP contribution in [0.1, 0.15) is 16.2 Å². The summed E-state index contributed by atoms with van der Waals surface area (Å²) >= 11 is 0. The SMILES string of the molecule is Cn1cnc(CNc2nccc(C(=O)O)c2N)n1. The molecule has 0 atom stereocenters. The molecule has 0 fully saturated rings. The molecule has 2 rings (SSSR count). The molecular formula is C10H12N6O2. The summed E-state index contributed by atoms with van der Waals surface area (Å²) in [5.41, 5.74) is 5.82. The number of nitrogens with two attached hydrogens (primary N) is 1. The minimum atomic E-state index is -1.09. The van der Waals surface area contributed by atoms with Crippen LogP contribution in [-0.4, -0.2) is 30.8 Å². The Morgan fingerprint density at radius 3 is 2.94 bits per heavy atom. The van der Waals surface area contributed by atoms with E-state index >= 15 is 0 Å². The Balaban J connectivity index is 2.14. The fourth-order valence-electron chi connectivity index (χ4n) is 1.43. The lowest BCUT2D eigenvalue weighted by molar-refractivity contribution is 0.0698. The Labute approximate surface area is 102 Å². The van der Waals surface area contributed by atoms with E-state index in [2.05, 4.69) is 20.4 Å². The van der Waals surface area contributed by atoms with Gasteiger partial charge in [-0.05, 0) is 6.07 Å². The van der Waals surface area contributed by atoms with Gasteiger partial charge in [-0.3, -0.25) is 4.68 Å². The molecule has 0 aromatic carbocycles. The molecule has 2 aromatic rings. The molecule has 2 aromatic heterocycles. The Kier molecular flexibility index (Phi) is 3.09. The van der Waals surface area contributed by atoms with Crippen molar-refractivity contribution in [1.82, 2.24) is 19.7 Å². The monoisotopic (exact) mass is 248 g/mol. The van der Waals surface area contributed by atoms with Crippen molar-refractivity contribution >= 4 is 17.5 Å². The largest absolute Gasteiger partial charge is 0.478 e. The summed E-state index contributed by atoms with van der Waals surface area (Å²) in [6, 6.07) is 1.35. The molecule has 4 N–H and O–H groups in total. The number of hydrogen-bond acceptors (Lipinski definition) is 6.